The highest BCUT2D eigenvalue weighted by Gasteiger charge is 2.53. The molecule has 0 bridgehead atoms. The fraction of sp³-hybridized carbons (Fsp3) is 0.753. The number of hydrogen-bond acceptors (Lipinski definition) is 18. The third-order valence-corrected chi connectivity index (χ3v) is 17.9. The monoisotopic (exact) mass is 1360 g/mol. The van der Waals surface area contributed by atoms with Crippen LogP contribution >= 0.6 is 0 Å². The minimum atomic E-state index is -1.98. The van der Waals surface area contributed by atoms with Gasteiger partial charge in [0.2, 0.25) is 5.91 Å². The number of allylic oxidation sites excluding steroid dienone is 18. The number of aliphatic hydroxyl groups excluding tert-OH is 11. The van der Waals surface area contributed by atoms with E-state index in [2.05, 4.69) is 129 Å². The Morgan fingerprint density at radius 2 is 0.719 bits per heavy atom. The van der Waals surface area contributed by atoms with Crippen molar-refractivity contribution in [3.8, 4) is 0 Å². The van der Waals surface area contributed by atoms with Crippen LogP contribution in [0, 0.1) is 0 Å². The summed E-state index contributed by atoms with van der Waals surface area (Å²) >= 11 is 0. The highest BCUT2D eigenvalue weighted by molar-refractivity contribution is 5.76. The number of carbonyl (C=O) groups excluding carboxylic acids is 1. The van der Waals surface area contributed by atoms with E-state index in [-0.39, 0.29) is 18.9 Å². The van der Waals surface area contributed by atoms with Gasteiger partial charge in [0.15, 0.2) is 18.9 Å². The Balaban J connectivity index is 1.40. The molecule has 17 atom stereocenters. The lowest BCUT2D eigenvalue weighted by Crippen LogP contribution is -2.66. The lowest BCUT2D eigenvalue weighted by Gasteiger charge is -2.48. The molecule has 0 spiro atoms. The van der Waals surface area contributed by atoms with Crippen LogP contribution in [0.1, 0.15) is 239 Å². The molecule has 3 saturated heterocycles. The second kappa shape index (κ2) is 57.1. The average Bonchev–Trinajstić information content (AvgIpc) is 0.787. The van der Waals surface area contributed by atoms with Crippen LogP contribution in [-0.4, -0.2) is 193 Å². The molecule has 0 aromatic heterocycles. The molecular formula is C77H131NO18. The summed E-state index contributed by atoms with van der Waals surface area (Å²) < 4.78 is 34.4. The van der Waals surface area contributed by atoms with Gasteiger partial charge in [-0.3, -0.25) is 4.79 Å². The summed E-state index contributed by atoms with van der Waals surface area (Å²) in [5, 5.41) is 121. The van der Waals surface area contributed by atoms with Crippen molar-refractivity contribution < 1.29 is 89.4 Å². The summed E-state index contributed by atoms with van der Waals surface area (Å²) in [5.41, 5.74) is 0. The summed E-state index contributed by atoms with van der Waals surface area (Å²) in [4.78, 5) is 13.5. The lowest BCUT2D eigenvalue weighted by atomic mass is 9.96. The molecule has 1 amide bonds. The Bertz CT molecular complexity index is 2160. The fourth-order valence-corrected chi connectivity index (χ4v) is 11.9. The first kappa shape index (κ1) is 86.7. The molecule has 3 aliphatic rings. The standard InChI is InChI=1S/C77H131NO18/c1-3-5-7-9-11-13-15-17-19-21-23-24-25-26-27-28-29-30-31-32-33-34-35-36-37-39-41-43-45-47-49-51-53-55-65(83)78-60(61(82)54-52-50-48-46-44-42-40-38-22-20-18-16-14-12-10-8-6-4-2)59-91-75-71(89)68(86)73(63(57-80)93-75)96-77-72(90)69(87)74(64(58-81)94-77)95-76-70(88)67(85)66(84)62(56-79)92-76/h5,7,11,13,17,19,23-24,26-27,29-30,32-33,35-36,39,41,60-64,66-77,79-82,84-90H,3-4,6,8-10,12,14-16,18,20-22,25,28,31,34,37-38,40,42-59H2,1-2H3,(H,78,83)/b7-5-,13-11-,19-17-,24-23-,27-26-,30-29-,33-32-,36-35-,41-39-. The smallest absolute Gasteiger partial charge is 0.220 e. The molecule has 0 aliphatic carbocycles. The Hall–Kier alpha value is -3.55. The number of aliphatic hydroxyl groups is 11. The Kier molecular flexibility index (Phi) is 51.6. The number of amides is 1. The molecule has 3 fully saturated rings. The van der Waals surface area contributed by atoms with E-state index in [9.17, 15) is 61.0 Å². The summed E-state index contributed by atoms with van der Waals surface area (Å²) in [6.07, 6.45) is 50.1. The van der Waals surface area contributed by atoms with Crippen molar-refractivity contribution in [1.82, 2.24) is 5.32 Å². The highest BCUT2D eigenvalue weighted by atomic mass is 16.8. The minimum Gasteiger partial charge on any atom is -0.394 e. The fourth-order valence-electron chi connectivity index (χ4n) is 11.9. The summed E-state index contributed by atoms with van der Waals surface area (Å²) in [6, 6.07) is -0.907. The van der Waals surface area contributed by atoms with Gasteiger partial charge in [0.25, 0.3) is 0 Å². The maximum Gasteiger partial charge on any atom is 0.220 e. The molecule has 0 aromatic carbocycles. The predicted octanol–water partition coefficient (Wildman–Crippen LogP) is 11.0. The van der Waals surface area contributed by atoms with Crippen molar-refractivity contribution in [3.05, 3.63) is 109 Å². The summed E-state index contributed by atoms with van der Waals surface area (Å²) in [6.45, 7) is 1.67. The minimum absolute atomic E-state index is 0.237. The zero-order valence-corrected chi connectivity index (χ0v) is 58.6. The molecule has 552 valence electrons. The van der Waals surface area contributed by atoms with Gasteiger partial charge in [-0.1, -0.05) is 258 Å². The quantitative estimate of drug-likeness (QED) is 0.0199. The number of nitrogens with one attached hydrogen (secondary N) is 1. The second-order valence-electron chi connectivity index (χ2n) is 26.0. The third-order valence-electron chi connectivity index (χ3n) is 17.9. The SMILES string of the molecule is CC/C=C\C/C=C\C/C=C\C/C=C\C/C=C\C/C=C\C/C=C\C/C=C\C/C=C\CCCCCCCC(=O)NC(COC1OC(CO)C(OC2OC(CO)C(OC3OC(CO)C(O)C(O)C3O)C(O)C2O)C(O)C1O)C(O)CCCCCCCCCCCCCCCCCCCC. The van der Waals surface area contributed by atoms with Crippen molar-refractivity contribution in [2.75, 3.05) is 26.4 Å². The van der Waals surface area contributed by atoms with E-state index in [0.717, 1.165) is 116 Å². The zero-order valence-electron chi connectivity index (χ0n) is 58.6. The van der Waals surface area contributed by atoms with E-state index >= 15 is 0 Å². The average molecular weight is 1360 g/mol. The van der Waals surface area contributed by atoms with Gasteiger partial charge in [0.1, 0.15) is 73.2 Å². The normalized spacial score (nSPS) is 27.7. The lowest BCUT2D eigenvalue weighted by molar-refractivity contribution is -0.379. The first-order valence-corrected chi connectivity index (χ1v) is 37.1. The first-order valence-electron chi connectivity index (χ1n) is 37.1. The highest BCUT2D eigenvalue weighted by Crippen LogP contribution is 2.33. The maximum absolute atomic E-state index is 13.5. The molecule has 3 rings (SSSR count). The number of ether oxygens (including phenoxy) is 6. The van der Waals surface area contributed by atoms with E-state index in [1.54, 1.807) is 0 Å². The van der Waals surface area contributed by atoms with Crippen LogP contribution in [0.25, 0.3) is 0 Å². The molecular weight excluding hydrogens is 1230 g/mol. The van der Waals surface area contributed by atoms with Gasteiger partial charge in [-0.25, -0.2) is 0 Å². The number of hydrogen-bond donors (Lipinski definition) is 12. The van der Waals surface area contributed by atoms with Crippen LogP contribution in [-0.2, 0) is 33.2 Å². The molecule has 19 heteroatoms. The largest absolute Gasteiger partial charge is 0.394 e. The van der Waals surface area contributed by atoms with E-state index in [1.807, 2.05) is 0 Å². The maximum atomic E-state index is 13.5. The Labute approximate surface area is 576 Å². The predicted molar refractivity (Wildman–Crippen MR) is 378 cm³/mol. The second-order valence-corrected chi connectivity index (χ2v) is 26.0. The Morgan fingerprint density at radius 1 is 0.385 bits per heavy atom. The van der Waals surface area contributed by atoms with E-state index in [0.29, 0.717) is 12.8 Å². The van der Waals surface area contributed by atoms with Crippen LogP contribution in [0.4, 0.5) is 0 Å². The summed E-state index contributed by atoms with van der Waals surface area (Å²) in [5.74, 6) is -0.265. The van der Waals surface area contributed by atoms with Crippen LogP contribution in [0.2, 0.25) is 0 Å². The molecule has 96 heavy (non-hydrogen) atoms. The van der Waals surface area contributed by atoms with Crippen LogP contribution in [0.5, 0.6) is 0 Å². The molecule has 12 N–H and O–H groups in total. The van der Waals surface area contributed by atoms with E-state index in [1.165, 1.54) is 89.9 Å². The van der Waals surface area contributed by atoms with E-state index < -0.39 is 124 Å². The Morgan fingerprint density at radius 3 is 1.12 bits per heavy atom. The molecule has 0 radical (unpaired) electrons. The van der Waals surface area contributed by atoms with Crippen LogP contribution in [0.3, 0.4) is 0 Å². The van der Waals surface area contributed by atoms with Gasteiger partial charge >= 0.3 is 0 Å². The third kappa shape index (κ3) is 37.8. The van der Waals surface area contributed by atoms with Gasteiger partial charge in [-0.05, 0) is 83.5 Å². The van der Waals surface area contributed by atoms with Gasteiger partial charge in [-0.2, -0.15) is 0 Å². The molecule has 17 unspecified atom stereocenters. The van der Waals surface area contributed by atoms with Crippen molar-refractivity contribution in [3.63, 3.8) is 0 Å². The topological polar surface area (TPSA) is 307 Å². The molecule has 3 heterocycles. The van der Waals surface area contributed by atoms with Gasteiger partial charge < -0.3 is 89.9 Å². The van der Waals surface area contributed by atoms with Crippen molar-refractivity contribution in [2.24, 2.45) is 0 Å². The molecule has 0 aromatic rings. The van der Waals surface area contributed by atoms with Crippen molar-refractivity contribution >= 4 is 5.91 Å². The molecule has 3 aliphatic heterocycles. The van der Waals surface area contributed by atoms with Gasteiger partial charge in [0.05, 0.1) is 38.6 Å². The van der Waals surface area contributed by atoms with Crippen LogP contribution < -0.4 is 5.32 Å². The number of unbranched alkanes of at least 4 members (excludes halogenated alkanes) is 22. The van der Waals surface area contributed by atoms with E-state index in [4.69, 9.17) is 28.4 Å². The molecule has 19 nitrogen and oxygen atoms in total. The van der Waals surface area contributed by atoms with Crippen molar-refractivity contribution in [2.45, 2.75) is 343 Å². The zero-order chi connectivity index (χ0) is 69.6. The number of rotatable bonds is 56. The number of carbonyl (C=O) groups is 1. The van der Waals surface area contributed by atoms with Crippen molar-refractivity contribution in [1.29, 1.82) is 0 Å². The first-order chi connectivity index (χ1) is 46.8. The molecule has 0 saturated carbocycles. The summed E-state index contributed by atoms with van der Waals surface area (Å²) in [7, 11) is 0. The van der Waals surface area contributed by atoms with Gasteiger partial charge in [0, 0.05) is 6.42 Å². The van der Waals surface area contributed by atoms with Crippen LogP contribution in [0.15, 0.2) is 109 Å². The van der Waals surface area contributed by atoms with Gasteiger partial charge in [-0.15, -0.1) is 0 Å².